The van der Waals surface area contributed by atoms with Crippen molar-refractivity contribution in [2.75, 3.05) is 0 Å². The molecule has 0 aliphatic rings. The predicted octanol–water partition coefficient (Wildman–Crippen LogP) is 4.09. The van der Waals surface area contributed by atoms with Crippen molar-refractivity contribution in [3.63, 3.8) is 0 Å². The summed E-state index contributed by atoms with van der Waals surface area (Å²) in [5, 5.41) is 4.89. The summed E-state index contributed by atoms with van der Waals surface area (Å²) >= 11 is 0. The number of rotatable bonds is 2. The second-order valence-corrected chi connectivity index (χ2v) is 4.83. The molecule has 27 heavy (non-hydrogen) atoms. The first-order valence-corrected chi connectivity index (χ1v) is 6.23. The maximum Gasteiger partial charge on any atom is 0.438 e. The van der Waals surface area contributed by atoms with Gasteiger partial charge in [0.25, 0.3) is 0 Å². The Balaban J connectivity index is 2.60. The van der Waals surface area contributed by atoms with Gasteiger partial charge < -0.3 is 0 Å². The van der Waals surface area contributed by atoms with E-state index in [0.717, 1.165) is 0 Å². The van der Waals surface area contributed by atoms with Crippen LogP contribution in [0.1, 0.15) is 22.8 Å². The van der Waals surface area contributed by atoms with Crippen molar-refractivity contribution in [2.24, 2.45) is 0 Å². The minimum atomic E-state index is -5.51. The van der Waals surface area contributed by atoms with Gasteiger partial charge in [-0.05, 0) is 12.1 Å². The van der Waals surface area contributed by atoms with E-state index in [1.165, 1.54) is 0 Å². The van der Waals surface area contributed by atoms with E-state index >= 15 is 0 Å². The van der Waals surface area contributed by atoms with Gasteiger partial charge in [0.1, 0.15) is 11.4 Å². The van der Waals surface area contributed by atoms with Crippen LogP contribution in [0.15, 0.2) is 12.1 Å². The highest BCUT2D eigenvalue weighted by Gasteiger charge is 2.45. The van der Waals surface area contributed by atoms with Gasteiger partial charge in [-0.2, -0.15) is 62.9 Å². The molecule has 0 aliphatic heterocycles. The third-order valence-electron chi connectivity index (χ3n) is 2.85. The van der Waals surface area contributed by atoms with Crippen molar-refractivity contribution in [2.45, 2.75) is 24.7 Å². The standard InChI is InChI=1S/C10H2BF12N4/c12-7(13,14)3-1-5(9(18,19)20)26(24-3)11-27-6(10(21,22)23)2-4(25-27)8(15,16)17/h1-2H. The normalized spacial score (nSPS) is 13.9. The lowest BCUT2D eigenvalue weighted by Crippen LogP contribution is -2.29. The van der Waals surface area contributed by atoms with Crippen molar-refractivity contribution in [3.8, 4) is 0 Å². The van der Waals surface area contributed by atoms with Crippen LogP contribution >= 0.6 is 0 Å². The highest BCUT2D eigenvalue weighted by atomic mass is 19.4. The minimum absolute atomic E-state index is 0.393. The Morgan fingerprint density at radius 2 is 0.852 bits per heavy atom. The Morgan fingerprint density at radius 3 is 1.07 bits per heavy atom. The zero-order chi connectivity index (χ0) is 21.0. The second kappa shape index (κ2) is 6.08. The fourth-order valence-corrected chi connectivity index (χ4v) is 1.77. The molecular weight excluding hydrogens is 415 g/mol. The van der Waals surface area contributed by atoms with Gasteiger partial charge in [-0.25, -0.2) is 0 Å². The minimum Gasteiger partial charge on any atom is -0.281 e. The van der Waals surface area contributed by atoms with Crippen molar-refractivity contribution in [1.29, 1.82) is 0 Å². The van der Waals surface area contributed by atoms with E-state index in [4.69, 9.17) is 0 Å². The molecule has 2 heterocycles. The number of halogens is 12. The molecule has 0 spiro atoms. The molecule has 0 unspecified atom stereocenters. The average Bonchev–Trinajstić information content (AvgIpc) is 3.00. The summed E-state index contributed by atoms with van der Waals surface area (Å²) in [6.07, 6.45) is -21.8. The molecule has 0 aromatic carbocycles. The molecule has 1 radical (unpaired) electrons. The lowest BCUT2D eigenvalue weighted by molar-refractivity contribution is -0.144. The van der Waals surface area contributed by atoms with Crippen LogP contribution in [0.5, 0.6) is 0 Å². The summed E-state index contributed by atoms with van der Waals surface area (Å²) in [7, 11) is -0.393. The fourth-order valence-electron chi connectivity index (χ4n) is 1.77. The third-order valence-corrected chi connectivity index (χ3v) is 2.85. The molecule has 2 aromatic rings. The van der Waals surface area contributed by atoms with E-state index in [0.29, 0.717) is 0 Å². The summed E-state index contributed by atoms with van der Waals surface area (Å²) in [6.45, 7) is 0. The molecule has 149 valence electrons. The van der Waals surface area contributed by atoms with Gasteiger partial charge >= 0.3 is 32.3 Å². The second-order valence-electron chi connectivity index (χ2n) is 4.83. The number of hydrogen-bond acceptors (Lipinski definition) is 2. The first kappa shape index (κ1) is 21.0. The number of nitrogens with zero attached hydrogens (tertiary/aromatic N) is 4. The zero-order valence-corrected chi connectivity index (χ0v) is 12.1. The molecule has 2 rings (SSSR count). The fraction of sp³-hybridized carbons (Fsp3) is 0.400. The summed E-state index contributed by atoms with van der Waals surface area (Å²) in [4.78, 5) is 0. The Kier molecular flexibility index (Phi) is 4.72. The molecule has 0 aliphatic carbocycles. The van der Waals surface area contributed by atoms with E-state index < -0.39 is 76.3 Å². The quantitative estimate of drug-likeness (QED) is 0.546. The Morgan fingerprint density at radius 1 is 0.556 bits per heavy atom. The maximum atomic E-state index is 12.8. The van der Waals surface area contributed by atoms with E-state index in [9.17, 15) is 52.7 Å². The third kappa shape index (κ3) is 4.49. The van der Waals surface area contributed by atoms with Crippen LogP contribution in [-0.4, -0.2) is 26.9 Å². The van der Waals surface area contributed by atoms with E-state index in [2.05, 4.69) is 10.2 Å². The molecule has 0 N–H and O–H groups in total. The first-order chi connectivity index (χ1) is 11.9. The highest BCUT2D eigenvalue weighted by Crippen LogP contribution is 2.37. The summed E-state index contributed by atoms with van der Waals surface area (Å²) < 4.78 is 151. The van der Waals surface area contributed by atoms with Gasteiger partial charge in [-0.3, -0.25) is 9.19 Å². The van der Waals surface area contributed by atoms with Gasteiger partial charge in [0, 0.05) is 0 Å². The van der Waals surface area contributed by atoms with E-state index in [1.54, 1.807) is 0 Å². The van der Waals surface area contributed by atoms with Crippen LogP contribution in [0.25, 0.3) is 0 Å². The Bertz CT molecular complexity index is 753. The Hall–Kier alpha value is -2.36. The van der Waals surface area contributed by atoms with Crippen molar-refractivity contribution in [1.82, 2.24) is 19.4 Å². The number of aromatic nitrogens is 4. The highest BCUT2D eigenvalue weighted by molar-refractivity contribution is 6.31. The van der Waals surface area contributed by atoms with Crippen LogP contribution < -0.4 is 0 Å². The van der Waals surface area contributed by atoms with E-state index in [1.807, 2.05) is 0 Å². The van der Waals surface area contributed by atoms with Crippen LogP contribution in [0.4, 0.5) is 52.7 Å². The molecule has 2 aromatic heterocycles. The lowest BCUT2D eigenvalue weighted by atomic mass is 10.1. The monoisotopic (exact) mass is 417 g/mol. The molecule has 17 heteroatoms. The van der Waals surface area contributed by atoms with Gasteiger partial charge in [0.15, 0.2) is 11.4 Å². The van der Waals surface area contributed by atoms with Gasteiger partial charge in [-0.1, -0.05) is 0 Å². The summed E-state index contributed by atoms with van der Waals surface area (Å²) in [6, 6.07) is -1.03. The van der Waals surface area contributed by atoms with Crippen LogP contribution in [0.3, 0.4) is 0 Å². The largest absolute Gasteiger partial charge is 0.438 e. The van der Waals surface area contributed by atoms with Crippen molar-refractivity contribution >= 4 is 7.55 Å². The van der Waals surface area contributed by atoms with Gasteiger partial charge in [0.2, 0.25) is 0 Å². The first-order valence-electron chi connectivity index (χ1n) is 6.23. The maximum absolute atomic E-state index is 12.8. The number of hydrogen-bond donors (Lipinski definition) is 0. The molecule has 4 nitrogen and oxygen atoms in total. The molecule has 0 amide bonds. The van der Waals surface area contributed by atoms with Crippen LogP contribution in [0.2, 0.25) is 0 Å². The SMILES string of the molecule is FC(F)(F)c1cc(C(F)(F)F)n([B]n2nc(C(F)(F)F)cc2C(F)(F)F)n1. The summed E-state index contributed by atoms with van der Waals surface area (Å²) in [5.74, 6) is 0. The van der Waals surface area contributed by atoms with Crippen LogP contribution in [-0.2, 0) is 24.7 Å². The Labute approximate surface area is 140 Å². The smallest absolute Gasteiger partial charge is 0.281 e. The molecule has 0 bridgehead atoms. The molecule has 0 atom stereocenters. The van der Waals surface area contributed by atoms with Crippen molar-refractivity contribution < 1.29 is 52.7 Å². The molecule has 0 saturated carbocycles. The van der Waals surface area contributed by atoms with Gasteiger partial charge in [-0.15, -0.1) is 0 Å². The number of alkyl halides is 12. The molecule has 0 saturated heterocycles. The lowest BCUT2D eigenvalue weighted by Gasteiger charge is -2.12. The van der Waals surface area contributed by atoms with Crippen LogP contribution in [0, 0.1) is 0 Å². The van der Waals surface area contributed by atoms with Gasteiger partial charge in [0.05, 0.1) is 0 Å². The summed E-state index contributed by atoms with van der Waals surface area (Å²) in [5.41, 5.74) is -8.59. The van der Waals surface area contributed by atoms with Crippen molar-refractivity contribution in [3.05, 3.63) is 34.9 Å². The predicted molar refractivity (Wildman–Crippen MR) is 61.0 cm³/mol. The topological polar surface area (TPSA) is 35.6 Å². The zero-order valence-electron chi connectivity index (χ0n) is 12.1. The molecular formula is C10H2BF12N4. The average molecular weight is 417 g/mol. The van der Waals surface area contributed by atoms with E-state index in [-0.39, 0.29) is 0 Å². The molecule has 0 fully saturated rings.